The van der Waals surface area contributed by atoms with Gasteiger partial charge in [0.25, 0.3) is 10.0 Å². The van der Waals surface area contributed by atoms with Crippen molar-refractivity contribution in [2.45, 2.75) is 4.90 Å². The van der Waals surface area contributed by atoms with Crippen LogP contribution in [0.4, 0.5) is 11.4 Å². The Balaban J connectivity index is 2.40. The van der Waals surface area contributed by atoms with Gasteiger partial charge in [-0.15, -0.1) is 0 Å². The molecule has 0 fully saturated rings. The summed E-state index contributed by atoms with van der Waals surface area (Å²) in [4.78, 5) is 0.179. The van der Waals surface area contributed by atoms with E-state index in [1.54, 1.807) is 36.4 Å². The molecule has 0 radical (unpaired) electrons. The van der Waals surface area contributed by atoms with E-state index in [4.69, 9.17) is 5.73 Å². The van der Waals surface area contributed by atoms with Crippen LogP contribution in [0.25, 0.3) is 0 Å². The summed E-state index contributed by atoms with van der Waals surface area (Å²) in [6, 6.07) is 11.5. The van der Waals surface area contributed by atoms with Gasteiger partial charge in [-0.05, 0) is 62.2 Å². The molecule has 0 unspecified atom stereocenters. The van der Waals surface area contributed by atoms with Crippen molar-refractivity contribution in [3.05, 3.63) is 51.4 Å². The zero-order chi connectivity index (χ0) is 14.0. The summed E-state index contributed by atoms with van der Waals surface area (Å²) in [5.41, 5.74) is 6.60. The third-order valence-electron chi connectivity index (χ3n) is 2.36. The maximum absolute atomic E-state index is 12.3. The summed E-state index contributed by atoms with van der Waals surface area (Å²) >= 11 is 6.50. The van der Waals surface area contributed by atoms with Crippen LogP contribution in [0.3, 0.4) is 0 Å². The molecule has 2 aromatic rings. The number of nitrogen functional groups attached to an aromatic ring is 1. The van der Waals surface area contributed by atoms with Crippen LogP contribution in [-0.4, -0.2) is 8.42 Å². The Bertz CT molecular complexity index is 717. The Labute approximate surface area is 128 Å². The van der Waals surface area contributed by atoms with Gasteiger partial charge in [0.15, 0.2) is 0 Å². The number of hydrogen-bond donors (Lipinski definition) is 2. The maximum Gasteiger partial charge on any atom is 0.263 e. The molecule has 0 saturated carbocycles. The molecule has 19 heavy (non-hydrogen) atoms. The van der Waals surface area contributed by atoms with Gasteiger partial charge in [0.2, 0.25) is 0 Å². The van der Waals surface area contributed by atoms with Crippen LogP contribution in [0.15, 0.2) is 56.3 Å². The van der Waals surface area contributed by atoms with Crippen molar-refractivity contribution in [1.82, 2.24) is 0 Å². The van der Waals surface area contributed by atoms with E-state index in [0.29, 0.717) is 20.3 Å². The van der Waals surface area contributed by atoms with E-state index < -0.39 is 10.0 Å². The molecule has 0 aromatic heterocycles. The van der Waals surface area contributed by atoms with Crippen LogP contribution < -0.4 is 10.5 Å². The first-order valence-electron chi connectivity index (χ1n) is 5.22. The normalized spacial score (nSPS) is 11.3. The van der Waals surface area contributed by atoms with E-state index in [2.05, 4.69) is 36.6 Å². The SMILES string of the molecule is Nc1ccc(NS(=O)(=O)c2ccccc2Br)c(Br)c1. The lowest BCUT2D eigenvalue weighted by Crippen LogP contribution is -2.13. The molecular weight excluding hydrogens is 396 g/mol. The molecule has 7 heteroatoms. The molecule has 0 aliphatic rings. The minimum Gasteiger partial charge on any atom is -0.399 e. The number of halogens is 2. The number of nitrogens with one attached hydrogen (secondary N) is 1. The highest BCUT2D eigenvalue weighted by atomic mass is 79.9. The quantitative estimate of drug-likeness (QED) is 0.766. The third-order valence-corrected chi connectivity index (χ3v) is 5.40. The largest absolute Gasteiger partial charge is 0.399 e. The molecular formula is C12H10Br2N2O2S. The highest BCUT2D eigenvalue weighted by Gasteiger charge is 2.18. The molecule has 2 aromatic carbocycles. The van der Waals surface area contributed by atoms with Crippen molar-refractivity contribution in [3.8, 4) is 0 Å². The number of sulfonamides is 1. The van der Waals surface area contributed by atoms with E-state index in [0.717, 1.165) is 0 Å². The Morgan fingerprint density at radius 2 is 1.68 bits per heavy atom. The third kappa shape index (κ3) is 3.29. The average Bonchev–Trinajstić information content (AvgIpc) is 2.33. The van der Waals surface area contributed by atoms with Crippen LogP contribution in [0.5, 0.6) is 0 Å². The zero-order valence-electron chi connectivity index (χ0n) is 9.60. The summed E-state index contributed by atoms with van der Waals surface area (Å²) in [6.07, 6.45) is 0. The number of benzene rings is 2. The molecule has 2 rings (SSSR count). The smallest absolute Gasteiger partial charge is 0.263 e. The summed E-state index contributed by atoms with van der Waals surface area (Å²) in [7, 11) is -3.65. The van der Waals surface area contributed by atoms with Gasteiger partial charge in [-0.1, -0.05) is 12.1 Å². The lowest BCUT2D eigenvalue weighted by molar-refractivity contribution is 0.600. The van der Waals surface area contributed by atoms with Gasteiger partial charge in [-0.25, -0.2) is 8.42 Å². The van der Waals surface area contributed by atoms with Gasteiger partial charge in [0.1, 0.15) is 4.90 Å². The van der Waals surface area contributed by atoms with E-state index in [9.17, 15) is 8.42 Å². The lowest BCUT2D eigenvalue weighted by atomic mass is 10.3. The fourth-order valence-electron chi connectivity index (χ4n) is 1.48. The number of rotatable bonds is 3. The molecule has 0 amide bonds. The van der Waals surface area contributed by atoms with Crippen molar-refractivity contribution in [3.63, 3.8) is 0 Å². The zero-order valence-corrected chi connectivity index (χ0v) is 13.6. The molecule has 0 aliphatic carbocycles. The fraction of sp³-hybridized carbons (Fsp3) is 0. The predicted octanol–water partition coefficient (Wildman–Crippen LogP) is 3.59. The Morgan fingerprint density at radius 3 is 2.32 bits per heavy atom. The summed E-state index contributed by atoms with van der Waals surface area (Å²) < 4.78 is 28.1. The molecule has 0 atom stereocenters. The van der Waals surface area contributed by atoms with Crippen molar-refractivity contribution in [1.29, 1.82) is 0 Å². The van der Waals surface area contributed by atoms with Gasteiger partial charge >= 0.3 is 0 Å². The molecule has 0 aliphatic heterocycles. The first-order chi connectivity index (χ1) is 8.90. The monoisotopic (exact) mass is 404 g/mol. The van der Waals surface area contributed by atoms with Crippen molar-refractivity contribution < 1.29 is 8.42 Å². The second kappa shape index (κ2) is 5.52. The van der Waals surface area contributed by atoms with E-state index >= 15 is 0 Å². The summed E-state index contributed by atoms with van der Waals surface area (Å²) in [5, 5.41) is 0. The summed E-state index contributed by atoms with van der Waals surface area (Å²) in [6.45, 7) is 0. The Morgan fingerprint density at radius 1 is 1.00 bits per heavy atom. The van der Waals surface area contributed by atoms with Crippen molar-refractivity contribution in [2.75, 3.05) is 10.5 Å². The molecule has 0 spiro atoms. The van der Waals surface area contributed by atoms with E-state index in [1.165, 1.54) is 6.07 Å². The molecule has 0 saturated heterocycles. The van der Waals surface area contributed by atoms with Gasteiger partial charge in [-0.3, -0.25) is 4.72 Å². The predicted molar refractivity (Wildman–Crippen MR) is 83.5 cm³/mol. The Hall–Kier alpha value is -1.05. The van der Waals surface area contributed by atoms with E-state index in [1.807, 2.05) is 0 Å². The van der Waals surface area contributed by atoms with E-state index in [-0.39, 0.29) is 4.90 Å². The van der Waals surface area contributed by atoms with Crippen LogP contribution in [-0.2, 0) is 10.0 Å². The maximum atomic E-state index is 12.3. The number of anilines is 2. The molecule has 0 bridgehead atoms. The standard InChI is InChI=1S/C12H10Br2N2O2S/c13-9-3-1-2-4-12(9)19(17,18)16-11-6-5-8(15)7-10(11)14/h1-7,16H,15H2. The van der Waals surface area contributed by atoms with Crippen molar-refractivity contribution in [2.24, 2.45) is 0 Å². The fourth-order valence-corrected chi connectivity index (χ4v) is 4.19. The van der Waals surface area contributed by atoms with Crippen LogP contribution in [0.2, 0.25) is 0 Å². The van der Waals surface area contributed by atoms with Gasteiger partial charge < -0.3 is 5.73 Å². The molecule has 4 nitrogen and oxygen atoms in total. The number of hydrogen-bond acceptors (Lipinski definition) is 3. The van der Waals surface area contributed by atoms with Crippen LogP contribution in [0.1, 0.15) is 0 Å². The minimum absolute atomic E-state index is 0.179. The first kappa shape index (κ1) is 14.4. The van der Waals surface area contributed by atoms with Crippen LogP contribution in [0, 0.1) is 0 Å². The second-order valence-corrected chi connectivity index (χ2v) is 7.13. The molecule has 0 heterocycles. The molecule has 100 valence electrons. The Kier molecular flexibility index (Phi) is 4.17. The van der Waals surface area contributed by atoms with Crippen LogP contribution >= 0.6 is 31.9 Å². The minimum atomic E-state index is -3.65. The van der Waals surface area contributed by atoms with Gasteiger partial charge in [-0.2, -0.15) is 0 Å². The van der Waals surface area contributed by atoms with Crippen molar-refractivity contribution >= 4 is 53.3 Å². The molecule has 3 N–H and O–H groups in total. The highest BCUT2D eigenvalue weighted by Crippen LogP contribution is 2.29. The topological polar surface area (TPSA) is 72.2 Å². The highest BCUT2D eigenvalue weighted by molar-refractivity contribution is 9.11. The second-order valence-electron chi connectivity index (χ2n) is 3.78. The lowest BCUT2D eigenvalue weighted by Gasteiger charge is -2.11. The summed E-state index contributed by atoms with van der Waals surface area (Å²) in [5.74, 6) is 0. The average molecular weight is 406 g/mol. The number of nitrogens with two attached hydrogens (primary N) is 1. The van der Waals surface area contributed by atoms with Gasteiger partial charge in [0, 0.05) is 14.6 Å². The van der Waals surface area contributed by atoms with Gasteiger partial charge in [0.05, 0.1) is 5.69 Å². The first-order valence-corrected chi connectivity index (χ1v) is 8.29.